The molecule has 0 atom stereocenters. The molecular weight excluding hydrogens is 353 g/mol. The van der Waals surface area contributed by atoms with Gasteiger partial charge >= 0.3 is 0 Å². The van der Waals surface area contributed by atoms with Crippen LogP contribution < -0.4 is 5.32 Å². The van der Waals surface area contributed by atoms with Gasteiger partial charge in [0, 0.05) is 23.2 Å². The monoisotopic (exact) mass is 371 g/mol. The SMILES string of the molecule is O=C(CC1CCCC1)Nc1nc2ccc(F)cn2c1-c1cccc(Cl)c1. The van der Waals surface area contributed by atoms with Crippen molar-refractivity contribution in [3.63, 3.8) is 0 Å². The van der Waals surface area contributed by atoms with Crippen molar-refractivity contribution < 1.29 is 9.18 Å². The molecule has 0 spiro atoms. The van der Waals surface area contributed by atoms with Crippen molar-refractivity contribution in [3.8, 4) is 11.3 Å². The lowest BCUT2D eigenvalue weighted by Crippen LogP contribution is -2.16. The molecular formula is C20H19ClFN3O. The fourth-order valence-corrected chi connectivity index (χ4v) is 3.87. The molecule has 1 N–H and O–H groups in total. The number of halogens is 2. The standard InChI is InChI=1S/C20H19ClFN3O/c21-15-7-3-6-14(11-15)19-20(23-17-9-8-16(22)12-25(17)19)24-18(26)10-13-4-1-2-5-13/h3,6-9,11-13H,1-2,4-5,10H2,(H,24,26). The Balaban J connectivity index is 1.73. The van der Waals surface area contributed by atoms with E-state index in [0.717, 1.165) is 18.4 Å². The van der Waals surface area contributed by atoms with Gasteiger partial charge in [-0.15, -0.1) is 0 Å². The van der Waals surface area contributed by atoms with Crippen molar-refractivity contribution in [2.24, 2.45) is 5.92 Å². The number of nitrogens with one attached hydrogen (secondary N) is 1. The predicted octanol–water partition coefficient (Wildman–Crippen LogP) is 5.31. The zero-order chi connectivity index (χ0) is 18.1. The highest BCUT2D eigenvalue weighted by atomic mass is 35.5. The molecule has 4 rings (SSSR count). The quantitative estimate of drug-likeness (QED) is 0.675. The maximum Gasteiger partial charge on any atom is 0.225 e. The van der Waals surface area contributed by atoms with Gasteiger partial charge < -0.3 is 5.32 Å². The van der Waals surface area contributed by atoms with E-state index >= 15 is 0 Å². The lowest BCUT2D eigenvalue weighted by molar-refractivity contribution is -0.117. The molecule has 4 nitrogen and oxygen atoms in total. The second kappa shape index (κ2) is 7.08. The fraction of sp³-hybridized carbons (Fsp3) is 0.300. The summed E-state index contributed by atoms with van der Waals surface area (Å²) in [7, 11) is 0. The third-order valence-corrected chi connectivity index (χ3v) is 5.12. The number of hydrogen-bond acceptors (Lipinski definition) is 2. The van der Waals surface area contributed by atoms with Crippen LogP contribution in [0.5, 0.6) is 0 Å². The Morgan fingerprint density at radius 3 is 2.85 bits per heavy atom. The van der Waals surface area contributed by atoms with Crippen molar-refractivity contribution in [1.29, 1.82) is 0 Å². The van der Waals surface area contributed by atoms with Gasteiger partial charge in [-0.1, -0.05) is 36.6 Å². The van der Waals surface area contributed by atoms with Gasteiger partial charge in [0.15, 0.2) is 5.82 Å². The summed E-state index contributed by atoms with van der Waals surface area (Å²) in [5, 5.41) is 3.49. The van der Waals surface area contributed by atoms with E-state index in [1.807, 2.05) is 12.1 Å². The molecule has 0 bridgehead atoms. The Morgan fingerprint density at radius 1 is 1.27 bits per heavy atom. The number of anilines is 1. The number of pyridine rings is 1. The summed E-state index contributed by atoms with van der Waals surface area (Å²) in [6.07, 6.45) is 6.46. The van der Waals surface area contributed by atoms with E-state index in [2.05, 4.69) is 10.3 Å². The number of amides is 1. The summed E-state index contributed by atoms with van der Waals surface area (Å²) < 4.78 is 15.4. The van der Waals surface area contributed by atoms with E-state index in [1.165, 1.54) is 25.1 Å². The maximum absolute atomic E-state index is 13.8. The molecule has 0 radical (unpaired) electrons. The molecule has 1 fully saturated rings. The normalized spacial score (nSPS) is 14.8. The highest BCUT2D eigenvalue weighted by molar-refractivity contribution is 6.30. The van der Waals surface area contributed by atoms with Gasteiger partial charge in [-0.3, -0.25) is 9.20 Å². The average molecular weight is 372 g/mol. The summed E-state index contributed by atoms with van der Waals surface area (Å²) in [4.78, 5) is 17.0. The number of nitrogens with zero attached hydrogens (tertiary/aromatic N) is 2. The van der Waals surface area contributed by atoms with Gasteiger partial charge in [-0.05, 0) is 43.0 Å². The first-order valence-corrected chi connectivity index (χ1v) is 9.21. The van der Waals surface area contributed by atoms with Crippen LogP contribution >= 0.6 is 11.6 Å². The van der Waals surface area contributed by atoms with Crippen LogP contribution in [-0.2, 0) is 4.79 Å². The number of rotatable bonds is 4. The van der Waals surface area contributed by atoms with E-state index in [-0.39, 0.29) is 11.7 Å². The van der Waals surface area contributed by atoms with Gasteiger partial charge in [-0.25, -0.2) is 9.37 Å². The molecule has 0 aliphatic heterocycles. The Morgan fingerprint density at radius 2 is 2.08 bits per heavy atom. The van der Waals surface area contributed by atoms with Crippen molar-refractivity contribution in [1.82, 2.24) is 9.38 Å². The lowest BCUT2D eigenvalue weighted by atomic mass is 10.0. The topological polar surface area (TPSA) is 46.4 Å². The number of imidazole rings is 1. The maximum atomic E-state index is 13.8. The second-order valence-corrected chi connectivity index (χ2v) is 7.23. The highest BCUT2D eigenvalue weighted by Crippen LogP contribution is 2.32. The van der Waals surface area contributed by atoms with Gasteiger partial charge in [0.25, 0.3) is 0 Å². The first kappa shape index (κ1) is 17.0. The van der Waals surface area contributed by atoms with Crippen molar-refractivity contribution in [2.75, 3.05) is 5.32 Å². The molecule has 1 saturated carbocycles. The molecule has 1 aliphatic carbocycles. The number of carbonyl (C=O) groups is 1. The first-order valence-electron chi connectivity index (χ1n) is 8.83. The van der Waals surface area contributed by atoms with E-state index in [0.29, 0.717) is 34.5 Å². The van der Waals surface area contributed by atoms with Gasteiger partial charge in [-0.2, -0.15) is 0 Å². The Kier molecular flexibility index (Phi) is 4.64. The van der Waals surface area contributed by atoms with Crippen molar-refractivity contribution in [3.05, 3.63) is 53.4 Å². The molecule has 0 saturated heterocycles. The predicted molar refractivity (Wildman–Crippen MR) is 101 cm³/mol. The minimum atomic E-state index is -0.373. The van der Waals surface area contributed by atoms with Crippen molar-refractivity contribution >= 4 is 29.0 Å². The van der Waals surface area contributed by atoms with Gasteiger partial charge in [0.2, 0.25) is 5.91 Å². The van der Waals surface area contributed by atoms with Crippen LogP contribution in [0, 0.1) is 11.7 Å². The summed E-state index contributed by atoms with van der Waals surface area (Å²) in [6.45, 7) is 0. The second-order valence-electron chi connectivity index (χ2n) is 6.80. The molecule has 3 aromatic rings. The third kappa shape index (κ3) is 3.44. The van der Waals surface area contributed by atoms with Crippen LogP contribution in [0.25, 0.3) is 16.9 Å². The first-order chi connectivity index (χ1) is 12.6. The van der Waals surface area contributed by atoms with Crippen LogP contribution in [0.2, 0.25) is 5.02 Å². The average Bonchev–Trinajstić information content (AvgIpc) is 3.21. The molecule has 2 aromatic heterocycles. The summed E-state index contributed by atoms with van der Waals surface area (Å²) >= 11 is 6.12. The van der Waals surface area contributed by atoms with Crippen LogP contribution in [0.3, 0.4) is 0 Å². The van der Waals surface area contributed by atoms with E-state index in [9.17, 15) is 9.18 Å². The zero-order valence-electron chi connectivity index (χ0n) is 14.2. The van der Waals surface area contributed by atoms with Crippen LogP contribution in [0.1, 0.15) is 32.1 Å². The van der Waals surface area contributed by atoms with E-state index in [4.69, 9.17) is 11.6 Å². The highest BCUT2D eigenvalue weighted by Gasteiger charge is 2.21. The molecule has 1 amide bonds. The number of carbonyl (C=O) groups excluding carboxylic acids is 1. The summed E-state index contributed by atoms with van der Waals surface area (Å²) in [5.74, 6) is 0.450. The van der Waals surface area contributed by atoms with Gasteiger partial charge in [0.05, 0.1) is 5.69 Å². The molecule has 6 heteroatoms. The minimum Gasteiger partial charge on any atom is -0.309 e. The van der Waals surface area contributed by atoms with Crippen LogP contribution in [-0.4, -0.2) is 15.3 Å². The van der Waals surface area contributed by atoms with Crippen molar-refractivity contribution in [2.45, 2.75) is 32.1 Å². The number of fused-ring (bicyclic) bond motifs is 1. The molecule has 26 heavy (non-hydrogen) atoms. The summed E-state index contributed by atoms with van der Waals surface area (Å²) in [6, 6.07) is 10.2. The third-order valence-electron chi connectivity index (χ3n) is 4.89. The van der Waals surface area contributed by atoms with Crippen LogP contribution in [0.4, 0.5) is 10.2 Å². The fourth-order valence-electron chi connectivity index (χ4n) is 3.68. The Hall–Kier alpha value is -2.40. The molecule has 0 unspecified atom stereocenters. The molecule has 134 valence electrons. The Labute approximate surface area is 156 Å². The Bertz CT molecular complexity index is 963. The summed E-state index contributed by atoms with van der Waals surface area (Å²) in [5.41, 5.74) is 1.96. The minimum absolute atomic E-state index is 0.0518. The number of hydrogen-bond donors (Lipinski definition) is 1. The largest absolute Gasteiger partial charge is 0.309 e. The number of aromatic nitrogens is 2. The van der Waals surface area contributed by atoms with Crippen LogP contribution in [0.15, 0.2) is 42.6 Å². The smallest absolute Gasteiger partial charge is 0.225 e. The van der Waals surface area contributed by atoms with E-state index < -0.39 is 0 Å². The molecule has 1 aromatic carbocycles. The lowest BCUT2D eigenvalue weighted by Gasteiger charge is -2.10. The molecule has 2 heterocycles. The van der Waals surface area contributed by atoms with Gasteiger partial charge in [0.1, 0.15) is 11.5 Å². The molecule has 1 aliphatic rings. The number of benzene rings is 1. The van der Waals surface area contributed by atoms with E-state index in [1.54, 1.807) is 22.6 Å². The zero-order valence-corrected chi connectivity index (χ0v) is 15.0.